The van der Waals surface area contributed by atoms with Crippen LogP contribution in [0.2, 0.25) is 0 Å². The number of rotatable bonds is 3. The molecule has 6 heteroatoms. The number of hydrazine groups is 1. The summed E-state index contributed by atoms with van der Waals surface area (Å²) >= 11 is 0. The number of benzene rings is 1. The fourth-order valence-corrected chi connectivity index (χ4v) is 3.41. The molecule has 0 radical (unpaired) electrons. The average molecular weight is 269 g/mol. The Labute approximate surface area is 108 Å². The molecule has 0 unspecified atom stereocenters. The summed E-state index contributed by atoms with van der Waals surface area (Å²) in [6.45, 7) is 4.10. The maximum absolute atomic E-state index is 12.4. The molecular weight excluding hydrogens is 250 g/mol. The number of nitrogens with two attached hydrogens (primary N) is 1. The molecule has 1 heterocycles. The monoisotopic (exact) mass is 269 g/mol. The summed E-state index contributed by atoms with van der Waals surface area (Å²) in [6.07, 6.45) is 0.909. The van der Waals surface area contributed by atoms with Crippen LogP contribution in [-0.2, 0) is 16.4 Å². The average Bonchev–Trinajstić information content (AvgIpc) is 2.39. The number of hydrogen-bond donors (Lipinski definition) is 1. The molecule has 0 aliphatic carbocycles. The van der Waals surface area contributed by atoms with E-state index in [-0.39, 0.29) is 0 Å². The minimum absolute atomic E-state index is 0.366. The Morgan fingerprint density at radius 1 is 1.11 bits per heavy atom. The van der Waals surface area contributed by atoms with Crippen LogP contribution in [0.3, 0.4) is 0 Å². The highest BCUT2D eigenvalue weighted by atomic mass is 32.2. The molecule has 0 amide bonds. The van der Waals surface area contributed by atoms with Crippen LogP contribution in [0.15, 0.2) is 29.2 Å². The molecule has 1 saturated heterocycles. The SMILES string of the molecule is CCc1ccc(S(=O)(=O)N2CCN(N)CC2)cc1. The van der Waals surface area contributed by atoms with E-state index in [2.05, 4.69) is 0 Å². The quantitative estimate of drug-likeness (QED) is 0.808. The molecule has 100 valence electrons. The van der Waals surface area contributed by atoms with Crippen molar-refractivity contribution in [2.75, 3.05) is 26.2 Å². The van der Waals surface area contributed by atoms with Gasteiger partial charge in [0.15, 0.2) is 0 Å². The van der Waals surface area contributed by atoms with E-state index in [1.807, 2.05) is 19.1 Å². The molecule has 1 aliphatic heterocycles. The molecule has 1 aromatic rings. The van der Waals surface area contributed by atoms with E-state index >= 15 is 0 Å². The third-order valence-electron chi connectivity index (χ3n) is 3.24. The Morgan fingerprint density at radius 3 is 2.17 bits per heavy atom. The first-order valence-corrected chi connectivity index (χ1v) is 7.57. The van der Waals surface area contributed by atoms with Crippen LogP contribution in [0.1, 0.15) is 12.5 Å². The standard InChI is InChI=1S/C12H19N3O2S/c1-2-11-3-5-12(6-4-11)18(16,17)15-9-7-14(13)8-10-15/h3-6H,2,7-10,13H2,1H3. The van der Waals surface area contributed by atoms with Crippen molar-refractivity contribution in [3.8, 4) is 0 Å². The summed E-state index contributed by atoms with van der Waals surface area (Å²) in [7, 11) is -3.36. The van der Waals surface area contributed by atoms with Crippen LogP contribution >= 0.6 is 0 Å². The highest BCUT2D eigenvalue weighted by Crippen LogP contribution is 2.17. The van der Waals surface area contributed by atoms with Gasteiger partial charge in [0.25, 0.3) is 0 Å². The fraction of sp³-hybridized carbons (Fsp3) is 0.500. The van der Waals surface area contributed by atoms with Crippen molar-refractivity contribution < 1.29 is 8.42 Å². The van der Waals surface area contributed by atoms with Gasteiger partial charge in [0, 0.05) is 26.2 Å². The molecular formula is C12H19N3O2S. The normalized spacial score (nSPS) is 19.0. The molecule has 18 heavy (non-hydrogen) atoms. The third-order valence-corrected chi connectivity index (χ3v) is 5.16. The Morgan fingerprint density at radius 2 is 1.67 bits per heavy atom. The number of piperazine rings is 1. The van der Waals surface area contributed by atoms with Crippen molar-refractivity contribution in [1.29, 1.82) is 0 Å². The Balaban J connectivity index is 2.19. The van der Waals surface area contributed by atoms with Crippen LogP contribution in [0, 0.1) is 0 Å². The van der Waals surface area contributed by atoms with E-state index in [1.165, 1.54) is 4.31 Å². The van der Waals surface area contributed by atoms with Crippen molar-refractivity contribution in [1.82, 2.24) is 9.31 Å². The molecule has 0 aromatic heterocycles. The van der Waals surface area contributed by atoms with Crippen molar-refractivity contribution >= 4 is 10.0 Å². The molecule has 2 N–H and O–H groups in total. The zero-order valence-electron chi connectivity index (χ0n) is 10.5. The first-order valence-electron chi connectivity index (χ1n) is 6.13. The van der Waals surface area contributed by atoms with Gasteiger partial charge < -0.3 is 0 Å². The fourth-order valence-electron chi connectivity index (χ4n) is 1.99. The molecule has 0 spiro atoms. The second kappa shape index (κ2) is 5.36. The minimum atomic E-state index is -3.36. The van der Waals surface area contributed by atoms with Crippen LogP contribution in [0.4, 0.5) is 0 Å². The van der Waals surface area contributed by atoms with Gasteiger partial charge in [0.1, 0.15) is 0 Å². The Bertz CT molecular complexity index is 491. The number of nitrogens with zero attached hydrogens (tertiary/aromatic N) is 2. The molecule has 0 saturated carbocycles. The summed E-state index contributed by atoms with van der Waals surface area (Å²) < 4.78 is 26.2. The van der Waals surface area contributed by atoms with Crippen LogP contribution in [0.5, 0.6) is 0 Å². The van der Waals surface area contributed by atoms with Gasteiger partial charge in [0.2, 0.25) is 10.0 Å². The molecule has 0 bridgehead atoms. The minimum Gasteiger partial charge on any atom is -0.269 e. The van der Waals surface area contributed by atoms with Gasteiger partial charge in [-0.1, -0.05) is 19.1 Å². The van der Waals surface area contributed by atoms with Gasteiger partial charge in [-0.3, -0.25) is 5.84 Å². The predicted molar refractivity (Wildman–Crippen MR) is 70.3 cm³/mol. The maximum Gasteiger partial charge on any atom is 0.243 e. The van der Waals surface area contributed by atoms with E-state index in [1.54, 1.807) is 17.1 Å². The number of hydrogen-bond acceptors (Lipinski definition) is 4. The molecule has 1 aliphatic rings. The lowest BCUT2D eigenvalue weighted by Crippen LogP contribution is -2.51. The molecule has 1 fully saturated rings. The largest absolute Gasteiger partial charge is 0.269 e. The number of sulfonamides is 1. The van der Waals surface area contributed by atoms with Crippen LogP contribution in [0.25, 0.3) is 0 Å². The zero-order chi connectivity index (χ0) is 13.2. The summed E-state index contributed by atoms with van der Waals surface area (Å²) in [5.74, 6) is 5.63. The smallest absolute Gasteiger partial charge is 0.243 e. The summed E-state index contributed by atoms with van der Waals surface area (Å²) in [4.78, 5) is 0.366. The second-order valence-electron chi connectivity index (χ2n) is 4.44. The van der Waals surface area contributed by atoms with Crippen molar-refractivity contribution in [3.05, 3.63) is 29.8 Å². The number of aryl methyl sites for hydroxylation is 1. The Hall–Kier alpha value is -0.950. The van der Waals surface area contributed by atoms with Gasteiger partial charge in [-0.05, 0) is 24.1 Å². The molecule has 2 rings (SSSR count). The van der Waals surface area contributed by atoms with Crippen molar-refractivity contribution in [2.24, 2.45) is 5.84 Å². The first-order chi connectivity index (χ1) is 8.54. The lowest BCUT2D eigenvalue weighted by Gasteiger charge is -2.31. The van der Waals surface area contributed by atoms with Gasteiger partial charge >= 0.3 is 0 Å². The zero-order valence-corrected chi connectivity index (χ0v) is 11.4. The molecule has 1 aromatic carbocycles. The summed E-state index contributed by atoms with van der Waals surface area (Å²) in [5.41, 5.74) is 1.14. The molecule has 0 atom stereocenters. The van der Waals surface area contributed by atoms with Gasteiger partial charge in [0.05, 0.1) is 4.90 Å². The van der Waals surface area contributed by atoms with E-state index in [4.69, 9.17) is 5.84 Å². The third kappa shape index (κ3) is 2.72. The van der Waals surface area contributed by atoms with E-state index in [0.29, 0.717) is 31.1 Å². The van der Waals surface area contributed by atoms with Gasteiger partial charge in [-0.2, -0.15) is 4.31 Å². The maximum atomic E-state index is 12.4. The highest BCUT2D eigenvalue weighted by Gasteiger charge is 2.27. The van der Waals surface area contributed by atoms with Gasteiger partial charge in [-0.25, -0.2) is 13.4 Å². The van der Waals surface area contributed by atoms with Gasteiger partial charge in [-0.15, -0.1) is 0 Å². The predicted octanol–water partition coefficient (Wildman–Crippen LogP) is 0.429. The van der Waals surface area contributed by atoms with Crippen molar-refractivity contribution in [2.45, 2.75) is 18.2 Å². The lowest BCUT2D eigenvalue weighted by molar-refractivity contribution is 0.192. The highest BCUT2D eigenvalue weighted by molar-refractivity contribution is 7.89. The van der Waals surface area contributed by atoms with Crippen LogP contribution < -0.4 is 5.84 Å². The van der Waals surface area contributed by atoms with E-state index in [9.17, 15) is 8.42 Å². The first kappa shape index (κ1) is 13.5. The second-order valence-corrected chi connectivity index (χ2v) is 6.38. The van der Waals surface area contributed by atoms with E-state index < -0.39 is 10.0 Å². The van der Waals surface area contributed by atoms with E-state index in [0.717, 1.165) is 12.0 Å². The van der Waals surface area contributed by atoms with Crippen LogP contribution in [-0.4, -0.2) is 43.9 Å². The summed E-state index contributed by atoms with van der Waals surface area (Å²) in [6, 6.07) is 7.10. The lowest BCUT2D eigenvalue weighted by atomic mass is 10.2. The Kier molecular flexibility index (Phi) is 4.01. The topological polar surface area (TPSA) is 66.6 Å². The summed E-state index contributed by atoms with van der Waals surface area (Å²) in [5, 5.41) is 1.65. The van der Waals surface area contributed by atoms with Crippen molar-refractivity contribution in [3.63, 3.8) is 0 Å². The molecule has 5 nitrogen and oxygen atoms in total.